The molecule has 0 unspecified atom stereocenters. The molecule has 1 aromatic heterocycles. The summed E-state index contributed by atoms with van der Waals surface area (Å²) in [7, 11) is 0. The lowest BCUT2D eigenvalue weighted by atomic mass is 9.92. The Hall–Kier alpha value is -2.57. The number of amides is 1. The summed E-state index contributed by atoms with van der Waals surface area (Å²) < 4.78 is 32.6. The topological polar surface area (TPSA) is 55.3 Å². The molecule has 0 spiro atoms. The van der Waals surface area contributed by atoms with E-state index in [0.717, 1.165) is 30.7 Å². The van der Waals surface area contributed by atoms with Crippen molar-refractivity contribution >= 4 is 5.91 Å². The quantitative estimate of drug-likeness (QED) is 0.794. The molecule has 1 amide bonds. The fraction of sp³-hybridized carbons (Fsp3) is 0.476. The lowest BCUT2D eigenvalue weighted by molar-refractivity contribution is 0.0654. The van der Waals surface area contributed by atoms with Gasteiger partial charge in [0.2, 0.25) is 5.88 Å². The Balaban J connectivity index is 1.49. The molecular weight excluding hydrogens is 364 g/mol. The highest BCUT2D eigenvalue weighted by atomic mass is 19.1. The highest BCUT2D eigenvalue weighted by molar-refractivity contribution is 5.94. The van der Waals surface area contributed by atoms with Crippen molar-refractivity contribution in [3.63, 3.8) is 0 Å². The Morgan fingerprint density at radius 3 is 2.43 bits per heavy atom. The van der Waals surface area contributed by atoms with E-state index in [4.69, 9.17) is 4.74 Å². The van der Waals surface area contributed by atoms with Gasteiger partial charge in [0.15, 0.2) is 0 Å². The molecule has 1 fully saturated rings. The van der Waals surface area contributed by atoms with E-state index in [0.29, 0.717) is 25.6 Å². The zero-order chi connectivity index (χ0) is 20.3. The van der Waals surface area contributed by atoms with Gasteiger partial charge < -0.3 is 9.64 Å². The highest BCUT2D eigenvalue weighted by Crippen LogP contribution is 2.23. The average Bonchev–Trinajstić information content (AvgIpc) is 2.66. The van der Waals surface area contributed by atoms with Crippen LogP contribution in [0.3, 0.4) is 0 Å². The first-order chi connectivity index (χ1) is 13.2. The van der Waals surface area contributed by atoms with E-state index in [1.165, 1.54) is 6.07 Å². The number of hydrogen-bond acceptors (Lipinski definition) is 4. The third-order valence-electron chi connectivity index (χ3n) is 4.94. The molecule has 0 atom stereocenters. The number of likely N-dealkylation sites (tertiary alicyclic amines) is 1. The van der Waals surface area contributed by atoms with Crippen molar-refractivity contribution in [3.05, 3.63) is 53.2 Å². The molecule has 0 radical (unpaired) electrons. The predicted molar refractivity (Wildman–Crippen MR) is 101 cm³/mol. The minimum atomic E-state index is -0.826. The number of benzene rings is 1. The van der Waals surface area contributed by atoms with Crippen molar-refractivity contribution in [1.82, 2.24) is 15.1 Å². The van der Waals surface area contributed by atoms with Gasteiger partial charge in [0.25, 0.3) is 5.91 Å². The van der Waals surface area contributed by atoms with Gasteiger partial charge in [-0.2, -0.15) is 5.10 Å². The first kappa shape index (κ1) is 20.2. The van der Waals surface area contributed by atoms with E-state index in [9.17, 15) is 13.6 Å². The highest BCUT2D eigenvalue weighted by Gasteiger charge is 2.26. The first-order valence-electron chi connectivity index (χ1n) is 9.45. The molecular formula is C21H25F2N3O2. The molecule has 1 aliphatic heterocycles. The van der Waals surface area contributed by atoms with Crippen LogP contribution in [0.2, 0.25) is 0 Å². The molecule has 1 saturated heterocycles. The zero-order valence-corrected chi connectivity index (χ0v) is 16.4. The fourth-order valence-electron chi connectivity index (χ4n) is 3.14. The van der Waals surface area contributed by atoms with Crippen LogP contribution >= 0.6 is 0 Å². The van der Waals surface area contributed by atoms with E-state index in [-0.39, 0.29) is 16.9 Å². The smallest absolute Gasteiger partial charge is 0.256 e. The van der Waals surface area contributed by atoms with Gasteiger partial charge in [-0.25, -0.2) is 8.78 Å². The second kappa shape index (κ2) is 8.20. The van der Waals surface area contributed by atoms with Gasteiger partial charge in [0.1, 0.15) is 11.6 Å². The lowest BCUT2D eigenvalue weighted by Gasteiger charge is -2.32. The van der Waals surface area contributed by atoms with E-state index in [1.807, 2.05) is 12.1 Å². The normalized spacial score (nSPS) is 15.5. The average molecular weight is 389 g/mol. The molecule has 2 heterocycles. The van der Waals surface area contributed by atoms with Crippen LogP contribution < -0.4 is 4.74 Å². The molecule has 0 saturated carbocycles. The van der Waals surface area contributed by atoms with Crippen LogP contribution in [0.4, 0.5) is 8.78 Å². The third-order valence-corrected chi connectivity index (χ3v) is 4.94. The minimum absolute atomic E-state index is 0.0606. The summed E-state index contributed by atoms with van der Waals surface area (Å²) >= 11 is 0. The monoisotopic (exact) mass is 389 g/mol. The number of nitrogens with zero attached hydrogens (tertiary/aromatic N) is 3. The van der Waals surface area contributed by atoms with Crippen molar-refractivity contribution in [2.75, 3.05) is 19.7 Å². The number of hydrogen-bond donors (Lipinski definition) is 0. The lowest BCUT2D eigenvalue weighted by Crippen LogP contribution is -2.40. The van der Waals surface area contributed by atoms with Gasteiger partial charge in [0, 0.05) is 30.6 Å². The Labute approximate surface area is 163 Å². The van der Waals surface area contributed by atoms with Crippen molar-refractivity contribution in [2.24, 2.45) is 5.92 Å². The number of carbonyl (C=O) groups is 1. The van der Waals surface area contributed by atoms with Crippen LogP contribution in [0, 0.1) is 17.6 Å². The zero-order valence-electron chi connectivity index (χ0n) is 16.4. The number of halogens is 2. The molecule has 2 aromatic rings. The molecule has 150 valence electrons. The van der Waals surface area contributed by atoms with Gasteiger partial charge in [-0.15, -0.1) is 5.10 Å². The summed E-state index contributed by atoms with van der Waals surface area (Å²) in [5.74, 6) is -1.15. The van der Waals surface area contributed by atoms with E-state index >= 15 is 0 Å². The van der Waals surface area contributed by atoms with E-state index in [2.05, 4.69) is 31.0 Å². The van der Waals surface area contributed by atoms with Crippen LogP contribution in [-0.4, -0.2) is 40.7 Å². The molecule has 7 heteroatoms. The molecule has 28 heavy (non-hydrogen) atoms. The first-order valence-corrected chi connectivity index (χ1v) is 9.45. The summed E-state index contributed by atoms with van der Waals surface area (Å²) in [5.41, 5.74) is 0.750. The van der Waals surface area contributed by atoms with Crippen LogP contribution in [0.25, 0.3) is 0 Å². The predicted octanol–water partition coefficient (Wildman–Crippen LogP) is 3.98. The number of ether oxygens (including phenoxy) is 1. The molecule has 0 bridgehead atoms. The van der Waals surface area contributed by atoms with Crippen molar-refractivity contribution in [2.45, 2.75) is 39.0 Å². The Morgan fingerprint density at radius 2 is 1.86 bits per heavy atom. The number of rotatable bonds is 4. The van der Waals surface area contributed by atoms with Crippen LogP contribution in [-0.2, 0) is 5.41 Å². The molecule has 3 rings (SSSR count). The minimum Gasteiger partial charge on any atom is -0.476 e. The van der Waals surface area contributed by atoms with E-state index in [1.54, 1.807) is 4.90 Å². The van der Waals surface area contributed by atoms with Gasteiger partial charge in [-0.1, -0.05) is 20.8 Å². The molecule has 0 aliphatic carbocycles. The van der Waals surface area contributed by atoms with Gasteiger partial charge in [-0.05, 0) is 37.0 Å². The maximum Gasteiger partial charge on any atom is 0.256 e. The second-order valence-electron chi connectivity index (χ2n) is 8.18. The number of aromatic nitrogens is 2. The summed E-state index contributed by atoms with van der Waals surface area (Å²) in [6, 6.07) is 6.77. The largest absolute Gasteiger partial charge is 0.476 e. The third kappa shape index (κ3) is 4.82. The van der Waals surface area contributed by atoms with Gasteiger partial charge in [0.05, 0.1) is 17.9 Å². The fourth-order valence-corrected chi connectivity index (χ4v) is 3.14. The molecule has 1 aromatic carbocycles. The van der Waals surface area contributed by atoms with Crippen molar-refractivity contribution in [1.29, 1.82) is 0 Å². The Morgan fingerprint density at radius 1 is 1.14 bits per heavy atom. The maximum atomic E-state index is 13.8. The Bertz CT molecular complexity index is 827. The summed E-state index contributed by atoms with van der Waals surface area (Å²) in [6.45, 7) is 7.74. The summed E-state index contributed by atoms with van der Waals surface area (Å²) in [5, 5.41) is 8.33. The van der Waals surface area contributed by atoms with Crippen LogP contribution in [0.15, 0.2) is 30.3 Å². The summed E-state index contributed by atoms with van der Waals surface area (Å²) in [6.07, 6.45) is 1.50. The number of carbonyl (C=O) groups excluding carboxylic acids is 1. The number of piperidine rings is 1. The molecule has 5 nitrogen and oxygen atoms in total. The standard InChI is InChI=1S/C21H25F2N3O2/c1-21(2,3)18-6-7-19(25-24-18)28-13-14-8-10-26(11-9-14)20(27)16-5-4-15(22)12-17(16)23/h4-7,12,14H,8-11,13H2,1-3H3. The maximum absolute atomic E-state index is 13.8. The van der Waals surface area contributed by atoms with Gasteiger partial charge >= 0.3 is 0 Å². The Kier molecular flexibility index (Phi) is 5.91. The second-order valence-corrected chi connectivity index (χ2v) is 8.18. The SMILES string of the molecule is CC(C)(C)c1ccc(OCC2CCN(C(=O)c3ccc(F)cc3F)CC2)nn1. The van der Waals surface area contributed by atoms with Crippen LogP contribution in [0.1, 0.15) is 49.7 Å². The van der Waals surface area contributed by atoms with Gasteiger partial charge in [-0.3, -0.25) is 4.79 Å². The molecule has 0 N–H and O–H groups in total. The summed E-state index contributed by atoms with van der Waals surface area (Å²) in [4.78, 5) is 14.0. The van der Waals surface area contributed by atoms with Crippen LogP contribution in [0.5, 0.6) is 5.88 Å². The van der Waals surface area contributed by atoms with Crippen molar-refractivity contribution < 1.29 is 18.3 Å². The van der Waals surface area contributed by atoms with E-state index < -0.39 is 17.5 Å². The molecule has 1 aliphatic rings. The van der Waals surface area contributed by atoms with Crippen molar-refractivity contribution in [3.8, 4) is 5.88 Å².